The molecule has 1 aromatic carbocycles. The minimum Gasteiger partial charge on any atom is -0.465 e. The second kappa shape index (κ2) is 5.28. The van der Waals surface area contributed by atoms with E-state index < -0.39 is 28.0 Å². The summed E-state index contributed by atoms with van der Waals surface area (Å²) in [7, 11) is 1.10. The average Bonchev–Trinajstić information content (AvgIpc) is 2.77. The molecule has 0 radical (unpaired) electrons. The van der Waals surface area contributed by atoms with Gasteiger partial charge in [0.25, 0.3) is 5.69 Å². The molecular weight excluding hydrogens is 283 g/mol. The molecule has 0 amide bonds. The average molecular weight is 298 g/mol. The number of benzene rings is 1. The van der Waals surface area contributed by atoms with Crippen molar-refractivity contribution in [3.8, 4) is 0 Å². The molecule has 0 saturated carbocycles. The van der Waals surface area contributed by atoms with Crippen LogP contribution in [-0.2, 0) is 4.74 Å². The van der Waals surface area contributed by atoms with Crippen molar-refractivity contribution < 1.29 is 24.0 Å². The molecule has 1 aliphatic heterocycles. The third-order valence-electron chi connectivity index (χ3n) is 3.46. The number of esters is 1. The number of nitro groups is 1. The second-order valence-electron chi connectivity index (χ2n) is 5.24. The first-order chi connectivity index (χ1) is 9.75. The Morgan fingerprint density at radius 2 is 2.24 bits per heavy atom. The Labute approximate surface area is 120 Å². The van der Waals surface area contributed by atoms with Crippen molar-refractivity contribution in [1.29, 1.82) is 0 Å². The number of carbonyl (C=O) groups excluding carboxylic acids is 1. The van der Waals surface area contributed by atoms with E-state index in [9.17, 15) is 24.4 Å². The van der Waals surface area contributed by atoms with Crippen molar-refractivity contribution in [1.82, 2.24) is 0 Å². The number of anilines is 1. The van der Waals surface area contributed by atoms with E-state index in [0.29, 0.717) is 19.0 Å². The lowest BCUT2D eigenvalue weighted by atomic mass is 10.1. The zero-order valence-electron chi connectivity index (χ0n) is 11.6. The van der Waals surface area contributed by atoms with Gasteiger partial charge in [0.05, 0.1) is 29.3 Å². The third kappa shape index (κ3) is 2.94. The van der Waals surface area contributed by atoms with E-state index in [2.05, 4.69) is 4.74 Å². The number of halogens is 1. The number of β-amino-alcohol motifs (C(OH)–C–C–N with tert-alkyl or cyclic N) is 1. The van der Waals surface area contributed by atoms with Gasteiger partial charge in [0.2, 0.25) is 0 Å². The molecule has 7 nitrogen and oxygen atoms in total. The summed E-state index contributed by atoms with van der Waals surface area (Å²) in [6, 6.07) is 1.80. The van der Waals surface area contributed by atoms with Crippen LogP contribution >= 0.6 is 0 Å². The van der Waals surface area contributed by atoms with Crippen LogP contribution in [0.3, 0.4) is 0 Å². The van der Waals surface area contributed by atoms with Crippen LogP contribution in [0.5, 0.6) is 0 Å². The van der Waals surface area contributed by atoms with Gasteiger partial charge in [-0.3, -0.25) is 10.1 Å². The number of rotatable bonds is 3. The second-order valence-corrected chi connectivity index (χ2v) is 5.24. The van der Waals surface area contributed by atoms with E-state index in [-0.39, 0.29) is 17.8 Å². The largest absolute Gasteiger partial charge is 0.465 e. The van der Waals surface area contributed by atoms with Crippen LogP contribution < -0.4 is 4.90 Å². The summed E-state index contributed by atoms with van der Waals surface area (Å²) in [6.07, 6.45) is 0.426. The van der Waals surface area contributed by atoms with Gasteiger partial charge in [-0.05, 0) is 19.4 Å². The van der Waals surface area contributed by atoms with E-state index >= 15 is 0 Å². The molecule has 21 heavy (non-hydrogen) atoms. The summed E-state index contributed by atoms with van der Waals surface area (Å²) < 4.78 is 18.3. The number of hydrogen-bond acceptors (Lipinski definition) is 6. The standard InChI is InChI=1S/C13H15FN2O5/c1-13(18)3-4-15(7-13)10-5-8(12(17)21-2)9(14)6-11(10)16(19)20/h5-6,18H,3-4,7H2,1-2H3. The highest BCUT2D eigenvalue weighted by Gasteiger charge is 2.35. The highest BCUT2D eigenvalue weighted by Crippen LogP contribution is 2.35. The monoisotopic (exact) mass is 298 g/mol. The van der Waals surface area contributed by atoms with Gasteiger partial charge < -0.3 is 14.7 Å². The lowest BCUT2D eigenvalue weighted by molar-refractivity contribution is -0.384. The minimum absolute atomic E-state index is 0.0968. The quantitative estimate of drug-likeness (QED) is 0.516. The maximum absolute atomic E-state index is 13.8. The Hall–Kier alpha value is -2.22. The zero-order chi connectivity index (χ0) is 15.8. The number of hydrogen-bond donors (Lipinski definition) is 1. The van der Waals surface area contributed by atoms with Crippen molar-refractivity contribution in [2.45, 2.75) is 18.9 Å². The number of ether oxygens (including phenoxy) is 1. The number of methoxy groups -OCH3 is 1. The Kier molecular flexibility index (Phi) is 3.82. The molecule has 1 N–H and O–H groups in total. The predicted octanol–water partition coefficient (Wildman–Crippen LogP) is 1.48. The molecule has 1 saturated heterocycles. The number of aliphatic hydroxyl groups is 1. The third-order valence-corrected chi connectivity index (χ3v) is 3.46. The summed E-state index contributed by atoms with van der Waals surface area (Å²) in [5, 5.41) is 21.0. The molecule has 2 rings (SSSR count). The summed E-state index contributed by atoms with van der Waals surface area (Å²) in [4.78, 5) is 23.4. The van der Waals surface area contributed by atoms with Crippen LogP contribution in [-0.4, -0.2) is 41.8 Å². The van der Waals surface area contributed by atoms with E-state index in [4.69, 9.17) is 0 Å². The zero-order valence-corrected chi connectivity index (χ0v) is 11.6. The van der Waals surface area contributed by atoms with Gasteiger partial charge in [0, 0.05) is 13.1 Å². The van der Waals surface area contributed by atoms with Crippen molar-refractivity contribution in [3.63, 3.8) is 0 Å². The van der Waals surface area contributed by atoms with Crippen molar-refractivity contribution in [3.05, 3.63) is 33.6 Å². The summed E-state index contributed by atoms with van der Waals surface area (Å²) >= 11 is 0. The van der Waals surface area contributed by atoms with Crippen LogP contribution in [0.2, 0.25) is 0 Å². The van der Waals surface area contributed by atoms with Gasteiger partial charge in [-0.25, -0.2) is 9.18 Å². The maximum Gasteiger partial charge on any atom is 0.340 e. The van der Waals surface area contributed by atoms with Crippen LogP contribution in [0.4, 0.5) is 15.8 Å². The van der Waals surface area contributed by atoms with Crippen molar-refractivity contribution in [2.24, 2.45) is 0 Å². The summed E-state index contributed by atoms with van der Waals surface area (Å²) in [5.74, 6) is -1.92. The number of nitro benzene ring substituents is 1. The van der Waals surface area contributed by atoms with Crippen molar-refractivity contribution in [2.75, 3.05) is 25.1 Å². The van der Waals surface area contributed by atoms with E-state index in [0.717, 1.165) is 13.2 Å². The molecular formula is C13H15FN2O5. The molecule has 1 heterocycles. The first-order valence-electron chi connectivity index (χ1n) is 6.29. The summed E-state index contributed by atoms with van der Waals surface area (Å²) in [5.41, 5.74) is -1.70. The Bertz CT molecular complexity index is 602. The molecule has 114 valence electrons. The normalized spacial score (nSPS) is 21.4. The van der Waals surface area contributed by atoms with Gasteiger partial charge in [0.15, 0.2) is 0 Å². The van der Waals surface area contributed by atoms with Gasteiger partial charge in [0.1, 0.15) is 11.5 Å². The Morgan fingerprint density at radius 1 is 1.57 bits per heavy atom. The smallest absolute Gasteiger partial charge is 0.340 e. The molecule has 0 bridgehead atoms. The van der Waals surface area contributed by atoms with Crippen LogP contribution in [0.1, 0.15) is 23.7 Å². The lowest BCUT2D eigenvalue weighted by Gasteiger charge is -2.21. The molecule has 0 aliphatic carbocycles. The Balaban J connectivity index is 2.51. The van der Waals surface area contributed by atoms with E-state index in [1.165, 1.54) is 0 Å². The van der Waals surface area contributed by atoms with E-state index in [1.807, 2.05) is 0 Å². The van der Waals surface area contributed by atoms with Crippen LogP contribution in [0.15, 0.2) is 12.1 Å². The highest BCUT2D eigenvalue weighted by atomic mass is 19.1. The fourth-order valence-electron chi connectivity index (χ4n) is 2.37. The van der Waals surface area contributed by atoms with Crippen molar-refractivity contribution >= 4 is 17.3 Å². The van der Waals surface area contributed by atoms with Gasteiger partial charge in [-0.1, -0.05) is 0 Å². The number of carbonyl (C=O) groups is 1. The molecule has 1 aromatic rings. The first-order valence-corrected chi connectivity index (χ1v) is 6.29. The van der Waals surface area contributed by atoms with Gasteiger partial charge in [-0.15, -0.1) is 0 Å². The molecule has 0 aromatic heterocycles. The Morgan fingerprint density at radius 3 is 2.71 bits per heavy atom. The molecule has 1 unspecified atom stereocenters. The fraction of sp³-hybridized carbons (Fsp3) is 0.462. The lowest BCUT2D eigenvalue weighted by Crippen LogP contribution is -2.30. The maximum atomic E-state index is 13.8. The van der Waals surface area contributed by atoms with Crippen LogP contribution in [0, 0.1) is 15.9 Å². The van der Waals surface area contributed by atoms with Gasteiger partial charge in [-0.2, -0.15) is 0 Å². The number of nitrogens with zero attached hydrogens (tertiary/aromatic N) is 2. The SMILES string of the molecule is COC(=O)c1cc(N2CCC(C)(O)C2)c([N+](=O)[O-])cc1F. The first kappa shape index (κ1) is 15.2. The predicted molar refractivity (Wildman–Crippen MR) is 71.8 cm³/mol. The molecule has 1 fully saturated rings. The van der Waals surface area contributed by atoms with Crippen LogP contribution in [0.25, 0.3) is 0 Å². The molecule has 0 spiro atoms. The summed E-state index contributed by atoms with van der Waals surface area (Å²) in [6.45, 7) is 2.16. The molecule has 1 aliphatic rings. The van der Waals surface area contributed by atoms with E-state index in [1.54, 1.807) is 11.8 Å². The molecule has 1 atom stereocenters. The molecule has 8 heteroatoms. The fourth-order valence-corrected chi connectivity index (χ4v) is 2.37. The van der Waals surface area contributed by atoms with Gasteiger partial charge >= 0.3 is 5.97 Å². The minimum atomic E-state index is -1.01. The topological polar surface area (TPSA) is 92.9 Å². The highest BCUT2D eigenvalue weighted by molar-refractivity contribution is 5.92.